The number of piperidine rings is 1. The zero-order valence-corrected chi connectivity index (χ0v) is 10.6. The zero-order chi connectivity index (χ0) is 13.0. The molecule has 2 rings (SSSR count). The molecule has 1 saturated heterocycles. The normalized spacial score (nSPS) is 16.4. The number of carbonyl (C=O) groups excluding carboxylic acids is 2. The van der Waals surface area contributed by atoms with Crippen LogP contribution in [-0.2, 0) is 4.79 Å². The van der Waals surface area contributed by atoms with Gasteiger partial charge in [-0.2, -0.15) is 0 Å². The third kappa shape index (κ3) is 3.09. The van der Waals surface area contributed by atoms with Crippen LogP contribution in [0.1, 0.15) is 19.8 Å². The number of para-hydroxylation sites is 1. The topological polar surface area (TPSA) is 49.4 Å². The lowest BCUT2D eigenvalue weighted by Crippen LogP contribution is -2.42. The highest BCUT2D eigenvalue weighted by molar-refractivity contribution is 5.89. The van der Waals surface area contributed by atoms with Crippen molar-refractivity contribution < 1.29 is 9.59 Å². The molecule has 96 valence electrons. The quantitative estimate of drug-likeness (QED) is 0.871. The highest BCUT2D eigenvalue weighted by Gasteiger charge is 2.25. The Morgan fingerprint density at radius 2 is 1.78 bits per heavy atom. The molecule has 4 heteroatoms. The van der Waals surface area contributed by atoms with Crippen LogP contribution in [0.5, 0.6) is 0 Å². The number of Topliss-reactive ketones (excluding diaryl/α,β-unsaturated/α-hetero) is 1. The van der Waals surface area contributed by atoms with Crippen molar-refractivity contribution in [2.75, 3.05) is 18.4 Å². The zero-order valence-electron chi connectivity index (χ0n) is 10.6. The van der Waals surface area contributed by atoms with E-state index >= 15 is 0 Å². The van der Waals surface area contributed by atoms with E-state index in [4.69, 9.17) is 0 Å². The summed E-state index contributed by atoms with van der Waals surface area (Å²) in [6.07, 6.45) is 1.55. The van der Waals surface area contributed by atoms with Gasteiger partial charge in [-0.3, -0.25) is 4.79 Å². The first-order valence-corrected chi connectivity index (χ1v) is 6.28. The Hall–Kier alpha value is -1.84. The lowest BCUT2D eigenvalue weighted by atomic mass is 9.93. The van der Waals surface area contributed by atoms with Crippen LogP contribution in [0.4, 0.5) is 10.5 Å². The monoisotopic (exact) mass is 246 g/mol. The first kappa shape index (κ1) is 12.6. The highest BCUT2D eigenvalue weighted by Crippen LogP contribution is 2.18. The van der Waals surface area contributed by atoms with Crippen LogP contribution in [0.25, 0.3) is 0 Å². The molecule has 0 spiro atoms. The average molecular weight is 246 g/mol. The van der Waals surface area contributed by atoms with Gasteiger partial charge in [0.05, 0.1) is 0 Å². The third-order valence-corrected chi connectivity index (χ3v) is 3.38. The molecular weight excluding hydrogens is 228 g/mol. The van der Waals surface area contributed by atoms with E-state index in [1.54, 1.807) is 11.8 Å². The van der Waals surface area contributed by atoms with E-state index in [2.05, 4.69) is 5.32 Å². The van der Waals surface area contributed by atoms with Crippen molar-refractivity contribution in [1.29, 1.82) is 0 Å². The SMILES string of the molecule is CC(=O)C1CCN(C(=O)Nc2ccccc2)CC1. The summed E-state index contributed by atoms with van der Waals surface area (Å²) in [6, 6.07) is 9.33. The smallest absolute Gasteiger partial charge is 0.321 e. The van der Waals surface area contributed by atoms with Gasteiger partial charge in [-0.25, -0.2) is 4.79 Å². The van der Waals surface area contributed by atoms with Gasteiger partial charge in [0.2, 0.25) is 0 Å². The minimum absolute atomic E-state index is 0.0804. The molecule has 0 saturated carbocycles. The van der Waals surface area contributed by atoms with Crippen molar-refractivity contribution >= 4 is 17.5 Å². The van der Waals surface area contributed by atoms with Crippen LogP contribution >= 0.6 is 0 Å². The number of hydrogen-bond acceptors (Lipinski definition) is 2. The van der Waals surface area contributed by atoms with Gasteiger partial charge in [-0.05, 0) is 31.9 Å². The van der Waals surface area contributed by atoms with E-state index in [0.29, 0.717) is 13.1 Å². The van der Waals surface area contributed by atoms with Crippen LogP contribution in [0.15, 0.2) is 30.3 Å². The Balaban J connectivity index is 1.86. The van der Waals surface area contributed by atoms with Crippen molar-refractivity contribution in [1.82, 2.24) is 4.90 Å². The van der Waals surface area contributed by atoms with Crippen LogP contribution in [0.2, 0.25) is 0 Å². The molecule has 0 bridgehead atoms. The molecule has 0 radical (unpaired) electrons. The Labute approximate surface area is 107 Å². The second kappa shape index (κ2) is 5.67. The molecule has 1 N–H and O–H groups in total. The molecule has 1 heterocycles. The van der Waals surface area contributed by atoms with Crippen molar-refractivity contribution in [2.24, 2.45) is 5.92 Å². The standard InChI is InChI=1S/C14H18N2O2/c1-11(17)12-7-9-16(10-8-12)14(18)15-13-5-3-2-4-6-13/h2-6,12H,7-10H2,1H3,(H,15,18). The molecular formula is C14H18N2O2. The number of anilines is 1. The van der Waals surface area contributed by atoms with Crippen LogP contribution in [0, 0.1) is 5.92 Å². The first-order chi connectivity index (χ1) is 8.66. The number of urea groups is 1. The summed E-state index contributed by atoms with van der Waals surface area (Å²) < 4.78 is 0. The maximum Gasteiger partial charge on any atom is 0.321 e. The van der Waals surface area contributed by atoms with E-state index in [1.165, 1.54) is 0 Å². The van der Waals surface area contributed by atoms with Crippen molar-refractivity contribution in [3.05, 3.63) is 30.3 Å². The van der Waals surface area contributed by atoms with Gasteiger partial charge >= 0.3 is 6.03 Å². The predicted octanol–water partition coefficient (Wildman–Crippen LogP) is 2.52. The molecule has 0 aliphatic carbocycles. The van der Waals surface area contributed by atoms with Crippen molar-refractivity contribution in [3.63, 3.8) is 0 Å². The minimum atomic E-state index is -0.0804. The molecule has 0 unspecified atom stereocenters. The van der Waals surface area contributed by atoms with Gasteiger partial charge in [0, 0.05) is 24.7 Å². The van der Waals surface area contributed by atoms with Gasteiger partial charge in [0.25, 0.3) is 0 Å². The van der Waals surface area contributed by atoms with Crippen molar-refractivity contribution in [2.45, 2.75) is 19.8 Å². The lowest BCUT2D eigenvalue weighted by Gasteiger charge is -2.30. The molecule has 0 atom stereocenters. The second-order valence-electron chi connectivity index (χ2n) is 4.67. The summed E-state index contributed by atoms with van der Waals surface area (Å²) >= 11 is 0. The van der Waals surface area contributed by atoms with Gasteiger partial charge in [0.15, 0.2) is 0 Å². The van der Waals surface area contributed by atoms with E-state index in [9.17, 15) is 9.59 Å². The number of benzene rings is 1. The number of rotatable bonds is 2. The number of ketones is 1. The molecule has 1 aliphatic heterocycles. The van der Waals surface area contributed by atoms with E-state index < -0.39 is 0 Å². The van der Waals surface area contributed by atoms with Crippen molar-refractivity contribution in [3.8, 4) is 0 Å². The maximum absolute atomic E-state index is 12.0. The molecule has 4 nitrogen and oxygen atoms in total. The molecule has 0 aromatic heterocycles. The van der Waals surface area contributed by atoms with E-state index in [0.717, 1.165) is 18.5 Å². The van der Waals surface area contributed by atoms with Gasteiger partial charge in [-0.1, -0.05) is 18.2 Å². The summed E-state index contributed by atoms with van der Waals surface area (Å²) in [4.78, 5) is 25.0. The maximum atomic E-state index is 12.0. The predicted molar refractivity (Wildman–Crippen MR) is 70.4 cm³/mol. The van der Waals surface area contributed by atoms with Crippen LogP contribution in [0.3, 0.4) is 0 Å². The summed E-state index contributed by atoms with van der Waals surface area (Å²) in [6.45, 7) is 2.94. The van der Waals surface area contributed by atoms with Gasteiger partial charge in [-0.15, -0.1) is 0 Å². The van der Waals surface area contributed by atoms with Gasteiger partial charge in [0.1, 0.15) is 5.78 Å². The summed E-state index contributed by atoms with van der Waals surface area (Å²) in [5.74, 6) is 0.365. The molecule has 1 fully saturated rings. The highest BCUT2D eigenvalue weighted by atomic mass is 16.2. The van der Waals surface area contributed by atoms with E-state index in [1.807, 2.05) is 30.3 Å². The third-order valence-electron chi connectivity index (χ3n) is 3.38. The lowest BCUT2D eigenvalue weighted by molar-refractivity contribution is -0.121. The minimum Gasteiger partial charge on any atom is -0.324 e. The fourth-order valence-corrected chi connectivity index (χ4v) is 2.21. The fraction of sp³-hybridized carbons (Fsp3) is 0.429. The number of nitrogens with one attached hydrogen (secondary N) is 1. The number of carbonyl (C=O) groups is 2. The Morgan fingerprint density at radius 3 is 2.33 bits per heavy atom. The van der Waals surface area contributed by atoms with Crippen LogP contribution < -0.4 is 5.32 Å². The fourth-order valence-electron chi connectivity index (χ4n) is 2.21. The van der Waals surface area contributed by atoms with E-state index in [-0.39, 0.29) is 17.7 Å². The Kier molecular flexibility index (Phi) is 3.97. The average Bonchev–Trinajstić information content (AvgIpc) is 2.40. The second-order valence-corrected chi connectivity index (χ2v) is 4.67. The molecule has 18 heavy (non-hydrogen) atoms. The number of amides is 2. The molecule has 2 amide bonds. The number of nitrogens with zero attached hydrogens (tertiary/aromatic N) is 1. The molecule has 1 aromatic carbocycles. The summed E-state index contributed by atoms with van der Waals surface area (Å²) in [5.41, 5.74) is 0.802. The first-order valence-electron chi connectivity index (χ1n) is 6.28. The number of likely N-dealkylation sites (tertiary alicyclic amines) is 1. The van der Waals surface area contributed by atoms with Gasteiger partial charge < -0.3 is 10.2 Å². The Morgan fingerprint density at radius 1 is 1.17 bits per heavy atom. The summed E-state index contributed by atoms with van der Waals surface area (Å²) in [5, 5.41) is 2.86. The molecule has 1 aliphatic rings. The Bertz CT molecular complexity index is 423. The summed E-state index contributed by atoms with van der Waals surface area (Å²) in [7, 11) is 0. The number of hydrogen-bond donors (Lipinski definition) is 1. The van der Waals surface area contributed by atoms with Crippen LogP contribution in [-0.4, -0.2) is 29.8 Å². The largest absolute Gasteiger partial charge is 0.324 e. The molecule has 1 aromatic rings.